The molecule has 6 heteroatoms. The summed E-state index contributed by atoms with van der Waals surface area (Å²) in [6.07, 6.45) is 0.331. The predicted molar refractivity (Wildman–Crippen MR) is 124 cm³/mol. The number of aromatic nitrogens is 1. The Morgan fingerprint density at radius 1 is 1.03 bits per heavy atom. The molecule has 1 aliphatic rings. The van der Waals surface area contributed by atoms with Crippen molar-refractivity contribution in [1.82, 2.24) is 15.2 Å². The first-order chi connectivity index (χ1) is 14.7. The summed E-state index contributed by atoms with van der Waals surface area (Å²) >= 11 is 1.59. The average molecular weight is 421 g/mol. The van der Waals surface area contributed by atoms with E-state index in [0.29, 0.717) is 19.0 Å². The first kappa shape index (κ1) is 20.6. The Bertz CT molecular complexity index is 936. The Balaban J connectivity index is 1.21. The number of para-hydroxylation sites is 1. The van der Waals surface area contributed by atoms with Gasteiger partial charge in [0.1, 0.15) is 5.01 Å². The second kappa shape index (κ2) is 9.87. The van der Waals surface area contributed by atoms with Gasteiger partial charge in [0, 0.05) is 55.4 Å². The van der Waals surface area contributed by atoms with Gasteiger partial charge >= 0.3 is 0 Å². The van der Waals surface area contributed by atoms with E-state index >= 15 is 0 Å². The van der Waals surface area contributed by atoms with Crippen LogP contribution in [0.2, 0.25) is 0 Å². The molecule has 1 aliphatic heterocycles. The van der Waals surface area contributed by atoms with Crippen LogP contribution in [0.1, 0.15) is 12.6 Å². The number of hydrogen-bond acceptors (Lipinski definition) is 5. The third-order valence-electron chi connectivity index (χ3n) is 5.57. The highest BCUT2D eigenvalue weighted by molar-refractivity contribution is 7.13. The number of carbonyl (C=O) groups excluding carboxylic acids is 1. The monoisotopic (exact) mass is 420 g/mol. The van der Waals surface area contributed by atoms with Crippen molar-refractivity contribution < 1.29 is 4.79 Å². The molecule has 0 saturated carbocycles. The Labute approximate surface area is 182 Å². The summed E-state index contributed by atoms with van der Waals surface area (Å²) in [4.78, 5) is 21.9. The van der Waals surface area contributed by atoms with Crippen LogP contribution in [0.3, 0.4) is 0 Å². The van der Waals surface area contributed by atoms with Crippen LogP contribution in [0, 0.1) is 0 Å². The van der Waals surface area contributed by atoms with Gasteiger partial charge in [-0.3, -0.25) is 9.69 Å². The third kappa shape index (κ3) is 5.26. The summed E-state index contributed by atoms with van der Waals surface area (Å²) in [5.74, 6) is 0.0367. The SMILES string of the molecule is CC(CNC(=O)Cc1csc(-c2ccccc2)n1)N1CCN(c2ccccc2)CC1. The fourth-order valence-electron chi connectivity index (χ4n) is 3.78. The van der Waals surface area contributed by atoms with Crippen LogP contribution < -0.4 is 10.2 Å². The van der Waals surface area contributed by atoms with Crippen molar-refractivity contribution in [3.63, 3.8) is 0 Å². The fourth-order valence-corrected chi connectivity index (χ4v) is 4.60. The second-order valence-electron chi connectivity index (χ2n) is 7.70. The van der Waals surface area contributed by atoms with E-state index in [-0.39, 0.29) is 5.91 Å². The summed E-state index contributed by atoms with van der Waals surface area (Å²) in [6.45, 7) is 6.92. The van der Waals surface area contributed by atoms with E-state index in [4.69, 9.17) is 0 Å². The van der Waals surface area contributed by atoms with Crippen molar-refractivity contribution in [2.75, 3.05) is 37.6 Å². The van der Waals surface area contributed by atoms with E-state index in [0.717, 1.165) is 42.4 Å². The molecule has 0 radical (unpaired) electrons. The number of amides is 1. The third-order valence-corrected chi connectivity index (χ3v) is 6.51. The van der Waals surface area contributed by atoms with E-state index in [9.17, 15) is 4.79 Å². The zero-order valence-electron chi connectivity index (χ0n) is 17.3. The molecule has 2 aromatic carbocycles. The molecule has 0 spiro atoms. The minimum atomic E-state index is 0.0367. The first-order valence-electron chi connectivity index (χ1n) is 10.5. The number of carbonyl (C=O) groups is 1. The topological polar surface area (TPSA) is 48.5 Å². The molecule has 5 nitrogen and oxygen atoms in total. The standard InChI is InChI=1S/C24H28N4OS/c1-19(27-12-14-28(15-13-27)22-10-6-3-7-11-22)17-25-23(29)16-21-18-30-24(26-21)20-8-4-2-5-9-20/h2-11,18-19H,12-17H2,1H3,(H,25,29). The zero-order valence-corrected chi connectivity index (χ0v) is 18.1. The maximum atomic E-state index is 12.4. The Morgan fingerprint density at radius 3 is 2.40 bits per heavy atom. The summed E-state index contributed by atoms with van der Waals surface area (Å²) in [6, 6.07) is 21.0. The van der Waals surface area contributed by atoms with E-state index < -0.39 is 0 Å². The van der Waals surface area contributed by atoms with Crippen LogP contribution in [0.25, 0.3) is 10.6 Å². The lowest BCUT2D eigenvalue weighted by atomic mass is 10.2. The molecule has 1 atom stereocenters. The van der Waals surface area contributed by atoms with Crippen LogP contribution >= 0.6 is 11.3 Å². The highest BCUT2D eigenvalue weighted by atomic mass is 32.1. The quantitative estimate of drug-likeness (QED) is 0.634. The summed E-state index contributed by atoms with van der Waals surface area (Å²) in [7, 11) is 0. The van der Waals surface area contributed by atoms with Gasteiger partial charge in [-0.15, -0.1) is 11.3 Å². The van der Waals surface area contributed by atoms with Gasteiger partial charge in [-0.2, -0.15) is 0 Å². The maximum Gasteiger partial charge on any atom is 0.226 e. The van der Waals surface area contributed by atoms with E-state index in [2.05, 4.69) is 57.4 Å². The Morgan fingerprint density at radius 2 is 1.70 bits per heavy atom. The van der Waals surface area contributed by atoms with Crippen molar-refractivity contribution in [2.45, 2.75) is 19.4 Å². The highest BCUT2D eigenvalue weighted by Crippen LogP contribution is 2.23. The minimum Gasteiger partial charge on any atom is -0.369 e. The number of thiazole rings is 1. The summed E-state index contributed by atoms with van der Waals surface area (Å²) in [5.41, 5.74) is 3.22. The lowest BCUT2D eigenvalue weighted by molar-refractivity contribution is -0.120. The molecule has 30 heavy (non-hydrogen) atoms. The van der Waals surface area contributed by atoms with Gasteiger partial charge in [0.2, 0.25) is 5.91 Å². The maximum absolute atomic E-state index is 12.4. The molecule has 0 bridgehead atoms. The van der Waals surface area contributed by atoms with Gasteiger partial charge in [0.25, 0.3) is 0 Å². The van der Waals surface area contributed by atoms with Crippen molar-refractivity contribution in [1.29, 1.82) is 0 Å². The zero-order chi connectivity index (χ0) is 20.8. The fraction of sp³-hybridized carbons (Fsp3) is 0.333. The highest BCUT2D eigenvalue weighted by Gasteiger charge is 2.21. The van der Waals surface area contributed by atoms with Crippen molar-refractivity contribution >= 4 is 22.9 Å². The lowest BCUT2D eigenvalue weighted by Crippen LogP contribution is -2.52. The normalized spacial score (nSPS) is 15.7. The number of piperazine rings is 1. The Hall–Kier alpha value is -2.70. The smallest absolute Gasteiger partial charge is 0.226 e. The number of nitrogens with one attached hydrogen (secondary N) is 1. The molecule has 3 aromatic rings. The van der Waals surface area contributed by atoms with Crippen molar-refractivity contribution in [3.8, 4) is 10.6 Å². The van der Waals surface area contributed by atoms with E-state index in [1.54, 1.807) is 11.3 Å². The molecule has 2 heterocycles. The van der Waals surface area contributed by atoms with Gasteiger partial charge in [0.15, 0.2) is 0 Å². The molecule has 4 rings (SSSR count). The van der Waals surface area contributed by atoms with Crippen LogP contribution in [0.15, 0.2) is 66.0 Å². The molecule has 156 valence electrons. The predicted octanol–water partition coefficient (Wildman–Crippen LogP) is 3.68. The molecule has 1 saturated heterocycles. The first-order valence-corrected chi connectivity index (χ1v) is 11.4. The molecule has 1 unspecified atom stereocenters. The number of nitrogens with zero attached hydrogens (tertiary/aromatic N) is 3. The molecular formula is C24H28N4OS. The van der Waals surface area contributed by atoms with Crippen molar-refractivity contribution in [2.24, 2.45) is 0 Å². The van der Waals surface area contributed by atoms with Crippen LogP contribution in [-0.2, 0) is 11.2 Å². The number of anilines is 1. The Kier molecular flexibility index (Phi) is 6.77. The van der Waals surface area contributed by atoms with Crippen LogP contribution in [0.5, 0.6) is 0 Å². The summed E-state index contributed by atoms with van der Waals surface area (Å²) in [5, 5.41) is 6.03. The number of rotatable bonds is 7. The molecule has 1 fully saturated rings. The van der Waals surface area contributed by atoms with Crippen LogP contribution in [0.4, 0.5) is 5.69 Å². The molecule has 1 aromatic heterocycles. The largest absolute Gasteiger partial charge is 0.369 e. The van der Waals surface area contributed by atoms with Gasteiger partial charge < -0.3 is 10.2 Å². The van der Waals surface area contributed by atoms with E-state index in [1.165, 1.54) is 5.69 Å². The molecule has 1 N–H and O–H groups in total. The second-order valence-corrected chi connectivity index (χ2v) is 8.56. The summed E-state index contributed by atoms with van der Waals surface area (Å²) < 4.78 is 0. The average Bonchev–Trinajstić information content (AvgIpc) is 3.27. The molecule has 1 amide bonds. The lowest BCUT2D eigenvalue weighted by Gasteiger charge is -2.39. The van der Waals surface area contributed by atoms with Gasteiger partial charge in [-0.05, 0) is 19.1 Å². The molecular weight excluding hydrogens is 392 g/mol. The van der Waals surface area contributed by atoms with Crippen molar-refractivity contribution in [3.05, 3.63) is 71.7 Å². The molecule has 0 aliphatic carbocycles. The van der Waals surface area contributed by atoms with Crippen LogP contribution in [-0.4, -0.2) is 54.6 Å². The van der Waals surface area contributed by atoms with E-state index in [1.807, 2.05) is 35.7 Å². The van der Waals surface area contributed by atoms with Gasteiger partial charge in [-0.1, -0.05) is 48.5 Å². The van der Waals surface area contributed by atoms with Gasteiger partial charge in [0.05, 0.1) is 12.1 Å². The number of benzene rings is 2. The number of hydrogen-bond donors (Lipinski definition) is 1. The minimum absolute atomic E-state index is 0.0367. The van der Waals surface area contributed by atoms with Gasteiger partial charge in [-0.25, -0.2) is 4.98 Å².